The van der Waals surface area contributed by atoms with Gasteiger partial charge < -0.3 is 15.4 Å². The molecule has 2 N–H and O–H groups in total. The predicted octanol–water partition coefficient (Wildman–Crippen LogP) is -0.139. The zero-order chi connectivity index (χ0) is 10.5. The van der Waals surface area contributed by atoms with E-state index in [0.29, 0.717) is 18.8 Å². The maximum atomic E-state index is 11.5. The summed E-state index contributed by atoms with van der Waals surface area (Å²) in [5.41, 5.74) is 2.13. The molecule has 0 radical (unpaired) electrons. The van der Waals surface area contributed by atoms with Gasteiger partial charge in [0.05, 0.1) is 18.7 Å². The van der Waals surface area contributed by atoms with Crippen molar-refractivity contribution in [3.8, 4) is 0 Å². The minimum absolute atomic E-state index is 0.122. The molecule has 1 saturated heterocycles. The molecule has 0 saturated carbocycles. The molecule has 2 rings (SSSR count). The van der Waals surface area contributed by atoms with Crippen LogP contribution in [-0.2, 0) is 4.74 Å². The lowest BCUT2D eigenvalue weighted by atomic mass is 10.2. The van der Waals surface area contributed by atoms with Gasteiger partial charge in [-0.25, -0.2) is 4.98 Å². The van der Waals surface area contributed by atoms with Crippen molar-refractivity contribution >= 4 is 17.2 Å². The highest BCUT2D eigenvalue weighted by atomic mass is 32.1. The zero-order valence-corrected chi connectivity index (χ0v) is 9.05. The Hall–Kier alpha value is -0.980. The molecule has 82 valence electrons. The molecular formula is C9H13N3O2S. The molecule has 1 aliphatic heterocycles. The van der Waals surface area contributed by atoms with E-state index < -0.39 is 0 Å². The van der Waals surface area contributed by atoms with Crippen LogP contribution in [0.4, 0.5) is 0 Å². The van der Waals surface area contributed by atoms with Crippen molar-refractivity contribution < 1.29 is 9.53 Å². The molecule has 2 heterocycles. The van der Waals surface area contributed by atoms with Gasteiger partial charge in [-0.05, 0) is 0 Å². The molecular weight excluding hydrogens is 214 g/mol. The number of nitrogens with one attached hydrogen (secondary N) is 2. The first-order chi connectivity index (χ1) is 7.36. The smallest absolute Gasteiger partial charge is 0.270 e. The van der Waals surface area contributed by atoms with Crippen LogP contribution >= 0.6 is 11.3 Å². The molecule has 1 atom stereocenters. The largest absolute Gasteiger partial charge is 0.378 e. The minimum Gasteiger partial charge on any atom is -0.378 e. The zero-order valence-electron chi connectivity index (χ0n) is 8.23. The molecule has 0 aliphatic carbocycles. The average molecular weight is 227 g/mol. The van der Waals surface area contributed by atoms with E-state index in [0.717, 1.165) is 13.2 Å². The molecule has 1 fully saturated rings. The summed E-state index contributed by atoms with van der Waals surface area (Å²) in [5.74, 6) is -0.122. The number of aromatic nitrogens is 1. The van der Waals surface area contributed by atoms with E-state index in [-0.39, 0.29) is 11.9 Å². The van der Waals surface area contributed by atoms with Gasteiger partial charge in [0.1, 0.15) is 5.69 Å². The number of carbonyl (C=O) groups is 1. The van der Waals surface area contributed by atoms with Gasteiger partial charge in [0, 0.05) is 24.5 Å². The molecule has 1 aliphatic rings. The van der Waals surface area contributed by atoms with Gasteiger partial charge in [-0.1, -0.05) is 0 Å². The number of hydrogen-bond donors (Lipinski definition) is 2. The fraction of sp³-hybridized carbons (Fsp3) is 0.556. The highest BCUT2D eigenvalue weighted by Gasteiger charge is 2.14. The van der Waals surface area contributed by atoms with E-state index in [4.69, 9.17) is 4.74 Å². The number of rotatable bonds is 3. The third-order valence-electron chi connectivity index (χ3n) is 2.17. The van der Waals surface area contributed by atoms with E-state index in [1.165, 1.54) is 11.3 Å². The Morgan fingerprint density at radius 2 is 2.73 bits per heavy atom. The molecule has 1 unspecified atom stereocenters. The summed E-state index contributed by atoms with van der Waals surface area (Å²) in [6.45, 7) is 2.82. The minimum atomic E-state index is -0.122. The average Bonchev–Trinajstić information content (AvgIpc) is 2.81. The molecule has 1 aromatic rings. The standard InChI is InChI=1S/C9H13N3O2S/c13-9(8-5-15-6-12-8)11-3-7-4-14-2-1-10-7/h5-7,10H,1-4H2,(H,11,13). The summed E-state index contributed by atoms with van der Waals surface area (Å²) >= 11 is 1.42. The van der Waals surface area contributed by atoms with E-state index in [1.807, 2.05) is 0 Å². The van der Waals surface area contributed by atoms with Gasteiger partial charge in [-0.2, -0.15) is 0 Å². The molecule has 1 aromatic heterocycles. The topological polar surface area (TPSA) is 63.2 Å². The predicted molar refractivity (Wildman–Crippen MR) is 57.1 cm³/mol. The quantitative estimate of drug-likeness (QED) is 0.754. The Morgan fingerprint density at radius 3 is 3.40 bits per heavy atom. The number of thiazole rings is 1. The normalized spacial score (nSPS) is 21.2. The van der Waals surface area contributed by atoms with Crippen molar-refractivity contribution in [1.82, 2.24) is 15.6 Å². The number of hydrogen-bond acceptors (Lipinski definition) is 5. The van der Waals surface area contributed by atoms with Crippen molar-refractivity contribution in [2.45, 2.75) is 6.04 Å². The Kier molecular flexibility index (Phi) is 3.65. The Labute approximate surface area is 91.9 Å². The van der Waals surface area contributed by atoms with E-state index in [2.05, 4.69) is 15.6 Å². The van der Waals surface area contributed by atoms with Gasteiger partial charge in [-0.3, -0.25) is 4.79 Å². The Balaban J connectivity index is 1.75. The summed E-state index contributed by atoms with van der Waals surface area (Å²) in [6, 6.07) is 0.210. The van der Waals surface area contributed by atoms with Crippen molar-refractivity contribution in [1.29, 1.82) is 0 Å². The van der Waals surface area contributed by atoms with Crippen LogP contribution in [0.1, 0.15) is 10.5 Å². The van der Waals surface area contributed by atoms with Crippen LogP contribution in [0.5, 0.6) is 0 Å². The first kappa shape index (κ1) is 10.5. The van der Waals surface area contributed by atoms with Crippen LogP contribution in [-0.4, -0.2) is 43.2 Å². The number of carbonyl (C=O) groups excluding carboxylic acids is 1. The van der Waals surface area contributed by atoms with Crippen LogP contribution in [0.2, 0.25) is 0 Å². The Bertz CT molecular complexity index is 309. The lowest BCUT2D eigenvalue weighted by Gasteiger charge is -2.23. The van der Waals surface area contributed by atoms with Gasteiger partial charge in [0.2, 0.25) is 0 Å². The SMILES string of the molecule is O=C(NCC1COCCN1)c1cscn1. The number of amides is 1. The lowest BCUT2D eigenvalue weighted by Crippen LogP contribution is -2.48. The fourth-order valence-corrected chi connectivity index (χ4v) is 1.91. The molecule has 6 heteroatoms. The molecule has 0 aromatic carbocycles. The number of morpholine rings is 1. The van der Waals surface area contributed by atoms with Crippen LogP contribution < -0.4 is 10.6 Å². The summed E-state index contributed by atoms with van der Waals surface area (Å²) in [7, 11) is 0. The maximum Gasteiger partial charge on any atom is 0.270 e. The third kappa shape index (κ3) is 2.98. The Morgan fingerprint density at radius 1 is 1.80 bits per heavy atom. The number of nitrogens with zero attached hydrogens (tertiary/aromatic N) is 1. The molecule has 5 nitrogen and oxygen atoms in total. The van der Waals surface area contributed by atoms with Crippen LogP contribution in [0.3, 0.4) is 0 Å². The first-order valence-electron chi connectivity index (χ1n) is 4.84. The molecule has 15 heavy (non-hydrogen) atoms. The van der Waals surface area contributed by atoms with Gasteiger partial charge >= 0.3 is 0 Å². The summed E-state index contributed by atoms with van der Waals surface area (Å²) in [4.78, 5) is 15.4. The number of ether oxygens (including phenoxy) is 1. The van der Waals surface area contributed by atoms with Crippen LogP contribution in [0.15, 0.2) is 10.9 Å². The summed E-state index contributed by atoms with van der Waals surface area (Å²) < 4.78 is 5.28. The van der Waals surface area contributed by atoms with E-state index in [1.54, 1.807) is 10.9 Å². The molecule has 0 spiro atoms. The second-order valence-electron chi connectivity index (χ2n) is 3.31. The maximum absolute atomic E-state index is 11.5. The fourth-order valence-electron chi connectivity index (χ4n) is 1.38. The highest BCUT2D eigenvalue weighted by molar-refractivity contribution is 7.07. The summed E-state index contributed by atoms with van der Waals surface area (Å²) in [6.07, 6.45) is 0. The van der Waals surface area contributed by atoms with Crippen LogP contribution in [0, 0.1) is 0 Å². The van der Waals surface area contributed by atoms with Gasteiger partial charge in [0.25, 0.3) is 5.91 Å². The van der Waals surface area contributed by atoms with Crippen molar-refractivity contribution in [3.63, 3.8) is 0 Å². The monoisotopic (exact) mass is 227 g/mol. The van der Waals surface area contributed by atoms with Crippen molar-refractivity contribution in [2.75, 3.05) is 26.3 Å². The first-order valence-corrected chi connectivity index (χ1v) is 5.78. The van der Waals surface area contributed by atoms with Crippen molar-refractivity contribution in [2.24, 2.45) is 0 Å². The second kappa shape index (κ2) is 5.20. The third-order valence-corrected chi connectivity index (χ3v) is 2.76. The van der Waals surface area contributed by atoms with Gasteiger partial charge in [0.15, 0.2) is 0 Å². The molecule has 0 bridgehead atoms. The van der Waals surface area contributed by atoms with E-state index in [9.17, 15) is 4.79 Å². The van der Waals surface area contributed by atoms with Crippen LogP contribution in [0.25, 0.3) is 0 Å². The second-order valence-corrected chi connectivity index (χ2v) is 4.03. The summed E-state index contributed by atoms with van der Waals surface area (Å²) in [5, 5.41) is 7.82. The van der Waals surface area contributed by atoms with Gasteiger partial charge in [-0.15, -0.1) is 11.3 Å². The van der Waals surface area contributed by atoms with E-state index >= 15 is 0 Å². The lowest BCUT2D eigenvalue weighted by molar-refractivity contribution is 0.0733. The highest BCUT2D eigenvalue weighted by Crippen LogP contribution is 2.00. The molecule has 1 amide bonds. The van der Waals surface area contributed by atoms with Crippen molar-refractivity contribution in [3.05, 3.63) is 16.6 Å².